The Balaban J connectivity index is 2.40. The van der Waals surface area contributed by atoms with Crippen molar-refractivity contribution in [2.45, 2.75) is 13.3 Å². The van der Waals surface area contributed by atoms with Crippen molar-refractivity contribution < 1.29 is 4.74 Å². The normalized spacial score (nSPS) is 10.7. The molecule has 0 aromatic heterocycles. The molecule has 0 radical (unpaired) electrons. The van der Waals surface area contributed by atoms with Crippen molar-refractivity contribution in [2.24, 2.45) is 0 Å². The zero-order valence-electron chi connectivity index (χ0n) is 9.59. The molecule has 0 spiro atoms. The molecule has 0 N–H and O–H groups in total. The first kappa shape index (κ1) is 12.3. The van der Waals surface area contributed by atoms with Crippen LogP contribution in [0.2, 0.25) is 5.02 Å². The predicted molar refractivity (Wildman–Crippen MR) is 64.9 cm³/mol. The summed E-state index contributed by atoms with van der Waals surface area (Å²) in [5.41, 5.74) is 1.17. The van der Waals surface area contributed by atoms with E-state index in [2.05, 4.69) is 19.0 Å². The summed E-state index contributed by atoms with van der Waals surface area (Å²) in [7, 11) is 4.11. The van der Waals surface area contributed by atoms with Crippen LogP contribution in [-0.4, -0.2) is 32.1 Å². The SMILES string of the molecule is Cc1ccc(Cl)c(OCCCN(C)C)c1. The van der Waals surface area contributed by atoms with Crippen LogP contribution in [0.4, 0.5) is 0 Å². The lowest BCUT2D eigenvalue weighted by Crippen LogP contribution is -2.15. The maximum Gasteiger partial charge on any atom is 0.138 e. The van der Waals surface area contributed by atoms with Gasteiger partial charge in [-0.1, -0.05) is 17.7 Å². The molecule has 0 aliphatic heterocycles. The van der Waals surface area contributed by atoms with E-state index in [0.717, 1.165) is 18.7 Å². The summed E-state index contributed by atoms with van der Waals surface area (Å²) < 4.78 is 5.61. The van der Waals surface area contributed by atoms with Crippen molar-refractivity contribution in [3.8, 4) is 5.75 Å². The van der Waals surface area contributed by atoms with Crippen molar-refractivity contribution in [1.82, 2.24) is 4.90 Å². The molecular formula is C12H18ClNO. The fraction of sp³-hybridized carbons (Fsp3) is 0.500. The minimum Gasteiger partial charge on any atom is -0.492 e. The number of hydrogen-bond donors (Lipinski definition) is 0. The van der Waals surface area contributed by atoms with E-state index in [0.29, 0.717) is 11.6 Å². The molecule has 0 fully saturated rings. The van der Waals surface area contributed by atoms with E-state index in [-0.39, 0.29) is 0 Å². The van der Waals surface area contributed by atoms with Crippen LogP contribution < -0.4 is 4.74 Å². The molecular weight excluding hydrogens is 210 g/mol. The molecule has 15 heavy (non-hydrogen) atoms. The number of ether oxygens (including phenoxy) is 1. The third-order valence-electron chi connectivity index (χ3n) is 2.09. The van der Waals surface area contributed by atoms with Gasteiger partial charge >= 0.3 is 0 Å². The molecule has 0 aliphatic carbocycles. The first-order valence-corrected chi connectivity index (χ1v) is 5.51. The van der Waals surface area contributed by atoms with E-state index in [1.165, 1.54) is 5.56 Å². The van der Waals surface area contributed by atoms with Crippen molar-refractivity contribution in [2.75, 3.05) is 27.2 Å². The van der Waals surface area contributed by atoms with Crippen molar-refractivity contribution in [1.29, 1.82) is 0 Å². The average Bonchev–Trinajstić information content (AvgIpc) is 2.17. The molecule has 1 rings (SSSR count). The van der Waals surface area contributed by atoms with E-state index in [9.17, 15) is 0 Å². The minimum absolute atomic E-state index is 0.686. The van der Waals surface area contributed by atoms with Crippen LogP contribution in [0, 0.1) is 6.92 Å². The largest absolute Gasteiger partial charge is 0.492 e. The molecule has 0 atom stereocenters. The van der Waals surface area contributed by atoms with Gasteiger partial charge in [-0.05, 0) is 45.1 Å². The molecule has 2 nitrogen and oxygen atoms in total. The van der Waals surface area contributed by atoms with Gasteiger partial charge in [0, 0.05) is 6.54 Å². The van der Waals surface area contributed by atoms with Gasteiger partial charge in [-0.25, -0.2) is 0 Å². The summed E-state index contributed by atoms with van der Waals surface area (Å²) in [6, 6.07) is 5.82. The number of nitrogens with zero attached hydrogens (tertiary/aromatic N) is 1. The van der Waals surface area contributed by atoms with Gasteiger partial charge in [0.05, 0.1) is 11.6 Å². The summed E-state index contributed by atoms with van der Waals surface area (Å²) in [5.74, 6) is 0.787. The Kier molecular flexibility index (Phi) is 4.92. The molecule has 1 aromatic rings. The Morgan fingerprint density at radius 3 is 2.73 bits per heavy atom. The van der Waals surface area contributed by atoms with Crippen LogP contribution in [0.5, 0.6) is 5.75 Å². The van der Waals surface area contributed by atoms with E-state index >= 15 is 0 Å². The number of hydrogen-bond acceptors (Lipinski definition) is 2. The lowest BCUT2D eigenvalue weighted by Gasteiger charge is -2.11. The fourth-order valence-corrected chi connectivity index (χ4v) is 1.46. The van der Waals surface area contributed by atoms with Gasteiger partial charge in [0.2, 0.25) is 0 Å². The molecule has 3 heteroatoms. The van der Waals surface area contributed by atoms with Gasteiger partial charge in [-0.15, -0.1) is 0 Å². The quantitative estimate of drug-likeness (QED) is 0.718. The summed E-state index contributed by atoms with van der Waals surface area (Å²) in [5, 5.41) is 0.686. The third-order valence-corrected chi connectivity index (χ3v) is 2.41. The molecule has 0 unspecified atom stereocenters. The highest BCUT2D eigenvalue weighted by atomic mass is 35.5. The highest BCUT2D eigenvalue weighted by Gasteiger charge is 2.01. The fourth-order valence-electron chi connectivity index (χ4n) is 1.28. The van der Waals surface area contributed by atoms with Gasteiger partial charge in [0.15, 0.2) is 0 Å². The summed E-state index contributed by atoms with van der Waals surface area (Å²) >= 11 is 6.00. The third kappa shape index (κ3) is 4.54. The monoisotopic (exact) mass is 227 g/mol. The van der Waals surface area contributed by atoms with Crippen LogP contribution in [0.25, 0.3) is 0 Å². The van der Waals surface area contributed by atoms with Gasteiger partial charge in [0.1, 0.15) is 5.75 Å². The van der Waals surface area contributed by atoms with Crippen LogP contribution >= 0.6 is 11.6 Å². The minimum atomic E-state index is 0.686. The van der Waals surface area contributed by atoms with Crippen molar-refractivity contribution in [3.05, 3.63) is 28.8 Å². The lowest BCUT2D eigenvalue weighted by atomic mass is 10.2. The molecule has 0 amide bonds. The number of aryl methyl sites for hydroxylation is 1. The standard InChI is InChI=1S/C12H18ClNO/c1-10-5-6-11(13)12(9-10)15-8-4-7-14(2)3/h5-6,9H,4,7-8H2,1-3H3. The number of benzene rings is 1. The van der Waals surface area contributed by atoms with E-state index in [4.69, 9.17) is 16.3 Å². The molecule has 1 aromatic carbocycles. The van der Waals surface area contributed by atoms with Gasteiger partial charge in [0.25, 0.3) is 0 Å². The Morgan fingerprint density at radius 2 is 2.07 bits per heavy atom. The van der Waals surface area contributed by atoms with Gasteiger partial charge in [-0.2, -0.15) is 0 Å². The zero-order chi connectivity index (χ0) is 11.3. The lowest BCUT2D eigenvalue weighted by molar-refractivity contribution is 0.281. The topological polar surface area (TPSA) is 12.5 Å². The van der Waals surface area contributed by atoms with E-state index < -0.39 is 0 Å². The number of halogens is 1. The second kappa shape index (κ2) is 5.99. The van der Waals surface area contributed by atoms with Crippen LogP contribution in [0.15, 0.2) is 18.2 Å². The van der Waals surface area contributed by atoms with Gasteiger partial charge in [-0.3, -0.25) is 0 Å². The Bertz CT molecular complexity index is 312. The average molecular weight is 228 g/mol. The maximum absolute atomic E-state index is 6.00. The Hall–Kier alpha value is -0.730. The summed E-state index contributed by atoms with van der Waals surface area (Å²) in [4.78, 5) is 2.14. The highest BCUT2D eigenvalue weighted by Crippen LogP contribution is 2.25. The van der Waals surface area contributed by atoms with Gasteiger partial charge < -0.3 is 9.64 Å². The van der Waals surface area contributed by atoms with Crippen LogP contribution in [-0.2, 0) is 0 Å². The number of rotatable bonds is 5. The van der Waals surface area contributed by atoms with Crippen LogP contribution in [0.3, 0.4) is 0 Å². The van der Waals surface area contributed by atoms with Crippen molar-refractivity contribution in [3.63, 3.8) is 0 Å². The molecule has 0 heterocycles. The molecule has 84 valence electrons. The molecule has 0 saturated carbocycles. The molecule has 0 aliphatic rings. The predicted octanol–water partition coefficient (Wildman–Crippen LogP) is 2.98. The summed E-state index contributed by atoms with van der Waals surface area (Å²) in [6.45, 7) is 3.77. The first-order chi connectivity index (χ1) is 7.09. The smallest absolute Gasteiger partial charge is 0.138 e. The zero-order valence-corrected chi connectivity index (χ0v) is 10.3. The molecule has 0 bridgehead atoms. The second-order valence-corrected chi connectivity index (χ2v) is 4.35. The Morgan fingerprint density at radius 1 is 1.33 bits per heavy atom. The van der Waals surface area contributed by atoms with Crippen LogP contribution in [0.1, 0.15) is 12.0 Å². The second-order valence-electron chi connectivity index (χ2n) is 3.94. The summed E-state index contributed by atoms with van der Waals surface area (Å²) in [6.07, 6.45) is 1.01. The maximum atomic E-state index is 6.00. The Labute approximate surface area is 96.8 Å². The van der Waals surface area contributed by atoms with E-state index in [1.54, 1.807) is 0 Å². The molecule has 0 saturated heterocycles. The van der Waals surface area contributed by atoms with E-state index in [1.807, 2.05) is 25.1 Å². The highest BCUT2D eigenvalue weighted by molar-refractivity contribution is 6.32. The first-order valence-electron chi connectivity index (χ1n) is 5.13. The van der Waals surface area contributed by atoms with Crippen molar-refractivity contribution >= 4 is 11.6 Å².